The zero-order valence-corrected chi connectivity index (χ0v) is 7.27. The van der Waals surface area contributed by atoms with Gasteiger partial charge in [-0.3, -0.25) is 4.98 Å². The van der Waals surface area contributed by atoms with Crippen molar-refractivity contribution in [2.24, 2.45) is 0 Å². The molecule has 62 valence electrons. The van der Waals surface area contributed by atoms with E-state index in [2.05, 4.69) is 24.6 Å². The van der Waals surface area contributed by atoms with Crippen molar-refractivity contribution in [1.29, 1.82) is 0 Å². The van der Waals surface area contributed by atoms with Crippen molar-refractivity contribution in [1.82, 2.24) is 4.98 Å². The Kier molecular flexibility index (Phi) is 3.27. The van der Waals surface area contributed by atoms with Gasteiger partial charge in [0, 0.05) is 17.8 Å². The fourth-order valence-electron chi connectivity index (χ4n) is 0.989. The average molecular weight is 159 g/mol. The van der Waals surface area contributed by atoms with Crippen molar-refractivity contribution in [3.05, 3.63) is 54.9 Å². The second-order valence-electron chi connectivity index (χ2n) is 2.66. The van der Waals surface area contributed by atoms with Gasteiger partial charge in [0.1, 0.15) is 0 Å². The first-order chi connectivity index (χ1) is 5.84. The first-order valence-corrected chi connectivity index (χ1v) is 4.04. The van der Waals surface area contributed by atoms with E-state index < -0.39 is 0 Å². The summed E-state index contributed by atoms with van der Waals surface area (Å²) in [5, 5.41) is 0. The molecule has 1 heterocycles. The predicted octanol–water partition coefficient (Wildman–Crippen LogP) is 2.93. The van der Waals surface area contributed by atoms with Crippen molar-refractivity contribution < 1.29 is 0 Å². The summed E-state index contributed by atoms with van der Waals surface area (Å²) >= 11 is 0. The van der Waals surface area contributed by atoms with Crippen LogP contribution in [0, 0.1) is 0 Å². The fourth-order valence-corrected chi connectivity index (χ4v) is 0.989. The molecule has 1 nitrogen and oxygen atoms in total. The zero-order valence-electron chi connectivity index (χ0n) is 7.27. The molecule has 0 radical (unpaired) electrons. The molecular formula is C11H13N. The number of nitrogens with zero attached hydrogens (tertiary/aromatic N) is 1. The van der Waals surface area contributed by atoms with Crippen LogP contribution < -0.4 is 0 Å². The maximum Gasteiger partial charge on any atom is 0.0469 e. The molecule has 0 aromatic carbocycles. The van der Waals surface area contributed by atoms with E-state index in [4.69, 9.17) is 0 Å². The highest BCUT2D eigenvalue weighted by atomic mass is 14.7. The standard InChI is InChI=1S/C11H13N/c1-3-4-7-10(2)11-8-5-6-9-12-11/h3-10H,1H2,2H3/b7-4-. The summed E-state index contributed by atoms with van der Waals surface area (Å²) in [7, 11) is 0. The molecular weight excluding hydrogens is 146 g/mol. The van der Waals surface area contributed by atoms with E-state index >= 15 is 0 Å². The van der Waals surface area contributed by atoms with Gasteiger partial charge in [-0.2, -0.15) is 0 Å². The molecule has 0 amide bonds. The monoisotopic (exact) mass is 159 g/mol. The van der Waals surface area contributed by atoms with Crippen LogP contribution in [0.4, 0.5) is 0 Å². The summed E-state index contributed by atoms with van der Waals surface area (Å²) in [5.41, 5.74) is 1.09. The first kappa shape index (κ1) is 8.72. The molecule has 0 saturated heterocycles. The number of rotatable bonds is 3. The Balaban J connectivity index is 2.71. The lowest BCUT2D eigenvalue weighted by Gasteiger charge is -2.03. The molecule has 0 fully saturated rings. The molecule has 0 bridgehead atoms. The minimum Gasteiger partial charge on any atom is -0.261 e. The second kappa shape index (κ2) is 4.50. The number of allylic oxidation sites excluding steroid dienone is 3. The molecule has 1 heteroatoms. The summed E-state index contributed by atoms with van der Waals surface area (Å²) in [5.74, 6) is 0.365. The van der Waals surface area contributed by atoms with E-state index in [0.29, 0.717) is 5.92 Å². The second-order valence-corrected chi connectivity index (χ2v) is 2.66. The summed E-state index contributed by atoms with van der Waals surface area (Å²) in [6, 6.07) is 5.95. The molecule has 12 heavy (non-hydrogen) atoms. The molecule has 0 N–H and O–H groups in total. The Bertz CT molecular complexity index is 262. The molecule has 1 unspecified atom stereocenters. The predicted molar refractivity (Wildman–Crippen MR) is 52.0 cm³/mol. The summed E-state index contributed by atoms with van der Waals surface area (Å²) in [6.45, 7) is 5.73. The Morgan fingerprint density at radius 2 is 2.33 bits per heavy atom. The van der Waals surface area contributed by atoms with Gasteiger partial charge < -0.3 is 0 Å². The van der Waals surface area contributed by atoms with E-state index in [9.17, 15) is 0 Å². The van der Waals surface area contributed by atoms with Gasteiger partial charge in [0.15, 0.2) is 0 Å². The maximum atomic E-state index is 4.25. The van der Waals surface area contributed by atoms with Gasteiger partial charge in [-0.25, -0.2) is 0 Å². The summed E-state index contributed by atoms with van der Waals surface area (Å²) in [4.78, 5) is 4.25. The molecule has 0 saturated carbocycles. The Morgan fingerprint density at radius 3 is 2.92 bits per heavy atom. The van der Waals surface area contributed by atoms with Crippen LogP contribution in [0.1, 0.15) is 18.5 Å². The van der Waals surface area contributed by atoms with Crippen molar-refractivity contribution in [3.8, 4) is 0 Å². The van der Waals surface area contributed by atoms with Gasteiger partial charge in [-0.05, 0) is 12.1 Å². The zero-order chi connectivity index (χ0) is 8.81. The third-order valence-electron chi connectivity index (χ3n) is 1.69. The highest BCUT2D eigenvalue weighted by Crippen LogP contribution is 2.12. The van der Waals surface area contributed by atoms with Crippen molar-refractivity contribution in [3.63, 3.8) is 0 Å². The number of aromatic nitrogens is 1. The lowest BCUT2D eigenvalue weighted by molar-refractivity contribution is 0.907. The number of hydrogen-bond acceptors (Lipinski definition) is 1. The van der Waals surface area contributed by atoms with Gasteiger partial charge in [-0.1, -0.05) is 37.8 Å². The number of pyridine rings is 1. The molecule has 0 spiro atoms. The van der Waals surface area contributed by atoms with Gasteiger partial charge in [0.05, 0.1) is 0 Å². The van der Waals surface area contributed by atoms with E-state index in [1.807, 2.05) is 30.5 Å². The van der Waals surface area contributed by atoms with Crippen LogP contribution in [0.25, 0.3) is 0 Å². The minimum atomic E-state index is 0.365. The van der Waals surface area contributed by atoms with Crippen LogP contribution in [-0.4, -0.2) is 4.98 Å². The Morgan fingerprint density at radius 1 is 1.50 bits per heavy atom. The summed E-state index contributed by atoms with van der Waals surface area (Å²) < 4.78 is 0. The molecule has 0 aliphatic carbocycles. The SMILES string of the molecule is C=C/C=C\C(C)c1ccccn1. The highest BCUT2D eigenvalue weighted by Gasteiger charge is 1.99. The molecule has 0 aliphatic rings. The van der Waals surface area contributed by atoms with Gasteiger partial charge in [0.25, 0.3) is 0 Å². The largest absolute Gasteiger partial charge is 0.261 e. The molecule has 1 rings (SSSR count). The topological polar surface area (TPSA) is 12.9 Å². The number of hydrogen-bond donors (Lipinski definition) is 0. The fraction of sp³-hybridized carbons (Fsp3) is 0.182. The van der Waals surface area contributed by atoms with E-state index in [1.165, 1.54) is 0 Å². The van der Waals surface area contributed by atoms with Crippen molar-refractivity contribution in [2.45, 2.75) is 12.8 Å². The molecule has 0 aliphatic heterocycles. The quantitative estimate of drug-likeness (QED) is 0.618. The van der Waals surface area contributed by atoms with Crippen LogP contribution in [0.2, 0.25) is 0 Å². The third kappa shape index (κ3) is 2.35. The van der Waals surface area contributed by atoms with Gasteiger partial charge in [0.2, 0.25) is 0 Å². The van der Waals surface area contributed by atoms with Gasteiger partial charge in [-0.15, -0.1) is 0 Å². The Hall–Kier alpha value is -1.37. The lowest BCUT2D eigenvalue weighted by atomic mass is 10.1. The molecule has 1 aromatic heterocycles. The lowest BCUT2D eigenvalue weighted by Crippen LogP contribution is -1.91. The maximum absolute atomic E-state index is 4.25. The van der Waals surface area contributed by atoms with Crippen LogP contribution in [0.5, 0.6) is 0 Å². The van der Waals surface area contributed by atoms with Gasteiger partial charge >= 0.3 is 0 Å². The highest BCUT2D eigenvalue weighted by molar-refractivity contribution is 5.16. The minimum absolute atomic E-state index is 0.365. The third-order valence-corrected chi connectivity index (χ3v) is 1.69. The van der Waals surface area contributed by atoms with Crippen molar-refractivity contribution in [2.75, 3.05) is 0 Å². The van der Waals surface area contributed by atoms with Crippen LogP contribution >= 0.6 is 0 Å². The normalized spacial score (nSPS) is 13.1. The van der Waals surface area contributed by atoms with E-state index in [-0.39, 0.29) is 0 Å². The Labute approximate surface area is 73.5 Å². The van der Waals surface area contributed by atoms with Crippen LogP contribution in [-0.2, 0) is 0 Å². The van der Waals surface area contributed by atoms with Crippen LogP contribution in [0.15, 0.2) is 49.2 Å². The average Bonchev–Trinajstić information content (AvgIpc) is 2.15. The first-order valence-electron chi connectivity index (χ1n) is 4.04. The molecule has 1 aromatic rings. The summed E-state index contributed by atoms with van der Waals surface area (Å²) in [6.07, 6.45) is 7.61. The van der Waals surface area contributed by atoms with Crippen LogP contribution in [0.3, 0.4) is 0 Å². The van der Waals surface area contributed by atoms with E-state index in [0.717, 1.165) is 5.69 Å². The molecule has 1 atom stereocenters. The van der Waals surface area contributed by atoms with Crippen molar-refractivity contribution >= 4 is 0 Å². The smallest absolute Gasteiger partial charge is 0.0469 e. The van der Waals surface area contributed by atoms with E-state index in [1.54, 1.807) is 6.08 Å².